The summed E-state index contributed by atoms with van der Waals surface area (Å²) >= 11 is 0. The second-order valence-electron chi connectivity index (χ2n) is 5.19. The first-order valence-corrected chi connectivity index (χ1v) is 7.00. The third-order valence-electron chi connectivity index (χ3n) is 3.16. The fourth-order valence-corrected chi connectivity index (χ4v) is 2.31. The Morgan fingerprint density at radius 1 is 1.12 bits per heavy atom. The lowest BCUT2D eigenvalue weighted by atomic mass is 9.92. The summed E-state index contributed by atoms with van der Waals surface area (Å²) in [6.45, 7) is 10.2. The van der Waals surface area contributed by atoms with Crippen LogP contribution in [0.2, 0.25) is 0 Å². The maximum atomic E-state index is 3.69. The van der Waals surface area contributed by atoms with E-state index in [1.54, 1.807) is 0 Å². The molecule has 1 nitrogen and oxygen atoms in total. The van der Waals surface area contributed by atoms with Gasteiger partial charge in [0.1, 0.15) is 0 Å². The van der Waals surface area contributed by atoms with Crippen molar-refractivity contribution in [3.63, 3.8) is 0 Å². The van der Waals surface area contributed by atoms with Crippen LogP contribution < -0.4 is 5.32 Å². The lowest BCUT2D eigenvalue weighted by molar-refractivity contribution is 0.428. The van der Waals surface area contributed by atoms with Crippen molar-refractivity contribution < 1.29 is 0 Å². The summed E-state index contributed by atoms with van der Waals surface area (Å²) in [5.41, 5.74) is 2.99. The van der Waals surface area contributed by atoms with Crippen LogP contribution in [-0.2, 0) is 6.42 Å². The normalized spacial score (nSPS) is 13.0. The van der Waals surface area contributed by atoms with Gasteiger partial charge < -0.3 is 5.32 Å². The Labute approximate surface area is 107 Å². The highest BCUT2D eigenvalue weighted by Crippen LogP contribution is 2.24. The number of aryl methyl sites for hydroxylation is 1. The number of rotatable bonds is 7. The molecule has 1 aromatic carbocycles. The van der Waals surface area contributed by atoms with Gasteiger partial charge in [0.05, 0.1) is 0 Å². The lowest BCUT2D eigenvalue weighted by Crippen LogP contribution is -2.24. The minimum atomic E-state index is 0.520. The van der Waals surface area contributed by atoms with Gasteiger partial charge in [0.25, 0.3) is 0 Å². The van der Waals surface area contributed by atoms with Crippen molar-refractivity contribution >= 4 is 0 Å². The van der Waals surface area contributed by atoms with E-state index >= 15 is 0 Å². The van der Waals surface area contributed by atoms with E-state index in [0.29, 0.717) is 6.04 Å². The summed E-state index contributed by atoms with van der Waals surface area (Å²) in [5, 5.41) is 3.69. The van der Waals surface area contributed by atoms with Gasteiger partial charge in [0, 0.05) is 6.04 Å². The first kappa shape index (κ1) is 14.2. The van der Waals surface area contributed by atoms with Gasteiger partial charge in [-0.15, -0.1) is 0 Å². The molecule has 0 bridgehead atoms. The summed E-state index contributed by atoms with van der Waals surface area (Å²) in [4.78, 5) is 0. The van der Waals surface area contributed by atoms with Crippen molar-refractivity contribution in [3.8, 4) is 0 Å². The van der Waals surface area contributed by atoms with E-state index in [1.807, 2.05) is 0 Å². The van der Waals surface area contributed by atoms with Crippen LogP contribution in [0.3, 0.4) is 0 Å². The molecule has 0 heterocycles. The molecular formula is C16H27N. The molecule has 1 aromatic rings. The van der Waals surface area contributed by atoms with Crippen molar-refractivity contribution in [2.75, 3.05) is 6.54 Å². The first-order chi connectivity index (χ1) is 8.19. The van der Waals surface area contributed by atoms with Crippen molar-refractivity contribution in [1.82, 2.24) is 5.32 Å². The Balaban J connectivity index is 2.86. The molecule has 0 aliphatic carbocycles. The third-order valence-corrected chi connectivity index (χ3v) is 3.16. The van der Waals surface area contributed by atoms with Crippen LogP contribution in [0.15, 0.2) is 24.3 Å². The number of hydrogen-bond acceptors (Lipinski definition) is 1. The average Bonchev–Trinajstić information content (AvgIpc) is 2.34. The second kappa shape index (κ2) is 7.50. The van der Waals surface area contributed by atoms with Crippen LogP contribution >= 0.6 is 0 Å². The Morgan fingerprint density at radius 2 is 1.82 bits per heavy atom. The molecule has 0 aliphatic heterocycles. The molecular weight excluding hydrogens is 206 g/mol. The van der Waals surface area contributed by atoms with E-state index in [9.17, 15) is 0 Å². The number of hydrogen-bond donors (Lipinski definition) is 1. The van der Waals surface area contributed by atoms with Gasteiger partial charge in [-0.05, 0) is 42.9 Å². The SMILES string of the molecule is CCCNC(CC(C)C)c1ccccc1CC. The maximum absolute atomic E-state index is 3.69. The van der Waals surface area contributed by atoms with Crippen LogP contribution in [0.5, 0.6) is 0 Å². The van der Waals surface area contributed by atoms with Crippen LogP contribution in [0.4, 0.5) is 0 Å². The highest BCUT2D eigenvalue weighted by molar-refractivity contribution is 5.30. The van der Waals surface area contributed by atoms with Crippen LogP contribution in [0.1, 0.15) is 57.7 Å². The summed E-state index contributed by atoms with van der Waals surface area (Å²) in [5.74, 6) is 0.731. The Bertz CT molecular complexity index is 317. The molecule has 1 N–H and O–H groups in total. The molecule has 0 saturated heterocycles. The van der Waals surface area contributed by atoms with Gasteiger partial charge in [0.15, 0.2) is 0 Å². The Kier molecular flexibility index (Phi) is 6.28. The Hall–Kier alpha value is -0.820. The smallest absolute Gasteiger partial charge is 0.0325 e. The molecule has 0 saturated carbocycles. The Morgan fingerprint density at radius 3 is 2.41 bits per heavy atom. The molecule has 0 fully saturated rings. The zero-order valence-electron chi connectivity index (χ0n) is 11.8. The average molecular weight is 233 g/mol. The largest absolute Gasteiger partial charge is 0.310 e. The van der Waals surface area contributed by atoms with Gasteiger partial charge >= 0.3 is 0 Å². The molecule has 0 aliphatic rings. The molecule has 0 radical (unpaired) electrons. The summed E-state index contributed by atoms with van der Waals surface area (Å²) in [7, 11) is 0. The quantitative estimate of drug-likeness (QED) is 0.739. The van der Waals surface area contributed by atoms with Gasteiger partial charge in [-0.25, -0.2) is 0 Å². The molecule has 1 rings (SSSR count). The van der Waals surface area contributed by atoms with Gasteiger partial charge in [-0.1, -0.05) is 52.0 Å². The highest BCUT2D eigenvalue weighted by atomic mass is 14.9. The van der Waals surface area contributed by atoms with E-state index in [4.69, 9.17) is 0 Å². The topological polar surface area (TPSA) is 12.0 Å². The molecule has 1 atom stereocenters. The van der Waals surface area contributed by atoms with Gasteiger partial charge in [-0.2, -0.15) is 0 Å². The van der Waals surface area contributed by atoms with Gasteiger partial charge in [-0.3, -0.25) is 0 Å². The molecule has 1 unspecified atom stereocenters. The number of benzene rings is 1. The standard InChI is InChI=1S/C16H27N/c1-5-11-17-16(12-13(3)4)15-10-8-7-9-14(15)6-2/h7-10,13,16-17H,5-6,11-12H2,1-4H3. The molecule has 17 heavy (non-hydrogen) atoms. The predicted molar refractivity (Wildman–Crippen MR) is 76.3 cm³/mol. The highest BCUT2D eigenvalue weighted by Gasteiger charge is 2.14. The predicted octanol–water partition coefficient (Wildman–Crippen LogP) is 4.34. The lowest BCUT2D eigenvalue weighted by Gasteiger charge is -2.23. The third kappa shape index (κ3) is 4.51. The van der Waals surface area contributed by atoms with Gasteiger partial charge in [0.2, 0.25) is 0 Å². The van der Waals surface area contributed by atoms with Crippen molar-refractivity contribution in [1.29, 1.82) is 0 Å². The van der Waals surface area contributed by atoms with Crippen molar-refractivity contribution in [3.05, 3.63) is 35.4 Å². The molecule has 0 amide bonds. The monoisotopic (exact) mass is 233 g/mol. The minimum Gasteiger partial charge on any atom is -0.310 e. The summed E-state index contributed by atoms with van der Waals surface area (Å²) in [6.07, 6.45) is 3.54. The van der Waals surface area contributed by atoms with E-state index in [1.165, 1.54) is 24.0 Å². The van der Waals surface area contributed by atoms with E-state index in [-0.39, 0.29) is 0 Å². The molecule has 0 aromatic heterocycles. The van der Waals surface area contributed by atoms with E-state index < -0.39 is 0 Å². The first-order valence-electron chi connectivity index (χ1n) is 7.00. The minimum absolute atomic E-state index is 0.520. The fourth-order valence-electron chi connectivity index (χ4n) is 2.31. The maximum Gasteiger partial charge on any atom is 0.0325 e. The van der Waals surface area contributed by atoms with E-state index in [0.717, 1.165) is 18.9 Å². The van der Waals surface area contributed by atoms with Crippen molar-refractivity contribution in [2.24, 2.45) is 5.92 Å². The summed E-state index contributed by atoms with van der Waals surface area (Å²) < 4.78 is 0. The zero-order valence-corrected chi connectivity index (χ0v) is 11.8. The zero-order chi connectivity index (χ0) is 12.7. The molecule has 1 heteroatoms. The van der Waals surface area contributed by atoms with Crippen LogP contribution in [0, 0.1) is 5.92 Å². The van der Waals surface area contributed by atoms with Crippen LogP contribution in [-0.4, -0.2) is 6.54 Å². The summed E-state index contributed by atoms with van der Waals surface area (Å²) in [6, 6.07) is 9.38. The molecule has 0 spiro atoms. The van der Waals surface area contributed by atoms with Crippen molar-refractivity contribution in [2.45, 2.75) is 53.0 Å². The fraction of sp³-hybridized carbons (Fsp3) is 0.625. The number of nitrogens with one attached hydrogen (secondary N) is 1. The second-order valence-corrected chi connectivity index (χ2v) is 5.19. The van der Waals surface area contributed by atoms with Crippen LogP contribution in [0.25, 0.3) is 0 Å². The van der Waals surface area contributed by atoms with E-state index in [2.05, 4.69) is 57.3 Å². The molecule has 96 valence electrons.